The van der Waals surface area contributed by atoms with Crippen molar-refractivity contribution in [1.29, 1.82) is 0 Å². The van der Waals surface area contributed by atoms with Crippen molar-refractivity contribution in [2.75, 3.05) is 18.1 Å². The van der Waals surface area contributed by atoms with E-state index in [1.54, 1.807) is 17.0 Å². The Morgan fingerprint density at radius 1 is 1.08 bits per heavy atom. The van der Waals surface area contributed by atoms with Crippen molar-refractivity contribution in [3.05, 3.63) is 65.7 Å². The number of rotatable bonds is 5. The van der Waals surface area contributed by atoms with Gasteiger partial charge in [-0.25, -0.2) is 0 Å². The predicted octanol–water partition coefficient (Wildman–Crippen LogP) is 2.77. The number of nitrogens with zero attached hydrogens (tertiary/aromatic N) is 1. The van der Waals surface area contributed by atoms with Crippen LogP contribution >= 0.6 is 0 Å². The second-order valence-corrected chi connectivity index (χ2v) is 6.14. The summed E-state index contributed by atoms with van der Waals surface area (Å²) in [5.74, 6) is -1.42. The lowest BCUT2D eigenvalue weighted by atomic mass is 10.1. The molecule has 0 aromatic heterocycles. The summed E-state index contributed by atoms with van der Waals surface area (Å²) in [5, 5.41) is 0. The Hall–Kier alpha value is -2.95. The number of carbonyl (C=O) groups is 3. The number of aryl methyl sites for hydroxylation is 1. The third-order valence-corrected chi connectivity index (χ3v) is 4.25. The molecule has 2 aromatic rings. The summed E-state index contributed by atoms with van der Waals surface area (Å²) in [4.78, 5) is 38.0. The largest absolute Gasteiger partial charge is 0.457 e. The summed E-state index contributed by atoms with van der Waals surface area (Å²) in [6.45, 7) is 1.90. The number of esters is 1. The zero-order valence-electron chi connectivity index (χ0n) is 14.0. The first-order valence-electron chi connectivity index (χ1n) is 8.16. The molecule has 1 aliphatic heterocycles. The van der Waals surface area contributed by atoms with Gasteiger partial charge in [0.2, 0.25) is 5.91 Å². The molecule has 0 spiro atoms. The highest BCUT2D eigenvalue weighted by Crippen LogP contribution is 2.25. The molecule has 1 saturated heterocycles. The lowest BCUT2D eigenvalue weighted by Gasteiger charge is -2.16. The first-order chi connectivity index (χ1) is 12.0. The second kappa shape index (κ2) is 7.30. The zero-order chi connectivity index (χ0) is 17.8. The Balaban J connectivity index is 1.56. The zero-order valence-corrected chi connectivity index (χ0v) is 14.0. The van der Waals surface area contributed by atoms with Crippen molar-refractivity contribution < 1.29 is 19.1 Å². The molecule has 1 amide bonds. The van der Waals surface area contributed by atoms with Crippen LogP contribution in [0.25, 0.3) is 0 Å². The van der Waals surface area contributed by atoms with Gasteiger partial charge in [0, 0.05) is 24.2 Å². The molecule has 25 heavy (non-hydrogen) atoms. The number of benzene rings is 2. The molecule has 1 atom stereocenters. The van der Waals surface area contributed by atoms with Crippen LogP contribution in [-0.2, 0) is 14.3 Å². The molecular formula is C20H19NO4. The van der Waals surface area contributed by atoms with Gasteiger partial charge in [0.15, 0.2) is 12.4 Å². The van der Waals surface area contributed by atoms with E-state index in [9.17, 15) is 14.4 Å². The van der Waals surface area contributed by atoms with Crippen LogP contribution < -0.4 is 4.90 Å². The molecule has 0 aliphatic carbocycles. The minimum Gasteiger partial charge on any atom is -0.457 e. The molecule has 128 valence electrons. The summed E-state index contributed by atoms with van der Waals surface area (Å²) in [6.07, 6.45) is 0.104. The number of hydrogen-bond donors (Lipinski definition) is 0. The van der Waals surface area contributed by atoms with Gasteiger partial charge in [0.1, 0.15) is 0 Å². The number of hydrogen-bond acceptors (Lipinski definition) is 4. The standard InChI is InChI=1S/C20H19NO4/c1-14-7-9-15(10-8-14)18(22)13-25-20(24)16-11-19(23)21(12-16)17-5-3-2-4-6-17/h2-10,16H,11-13H2,1H3/t16-/m1/s1. The van der Waals surface area contributed by atoms with Gasteiger partial charge in [-0.3, -0.25) is 14.4 Å². The second-order valence-electron chi connectivity index (χ2n) is 6.14. The Labute approximate surface area is 146 Å². The average Bonchev–Trinajstić information content (AvgIpc) is 3.02. The predicted molar refractivity (Wildman–Crippen MR) is 93.4 cm³/mol. The number of para-hydroxylation sites is 1. The molecule has 5 heteroatoms. The molecule has 1 aliphatic rings. The van der Waals surface area contributed by atoms with Crippen LogP contribution in [0.4, 0.5) is 5.69 Å². The van der Waals surface area contributed by atoms with Crippen molar-refractivity contribution >= 4 is 23.3 Å². The first-order valence-corrected chi connectivity index (χ1v) is 8.16. The average molecular weight is 337 g/mol. The molecule has 0 radical (unpaired) electrons. The quantitative estimate of drug-likeness (QED) is 0.622. The monoisotopic (exact) mass is 337 g/mol. The highest BCUT2D eigenvalue weighted by Gasteiger charge is 2.36. The van der Waals surface area contributed by atoms with Crippen molar-refractivity contribution in [3.8, 4) is 0 Å². The fourth-order valence-corrected chi connectivity index (χ4v) is 2.80. The van der Waals surface area contributed by atoms with Crippen LogP contribution in [0.3, 0.4) is 0 Å². The molecule has 1 heterocycles. The van der Waals surface area contributed by atoms with Crippen molar-refractivity contribution in [1.82, 2.24) is 0 Å². The molecule has 2 aromatic carbocycles. The van der Waals surface area contributed by atoms with Crippen LogP contribution in [0.15, 0.2) is 54.6 Å². The lowest BCUT2D eigenvalue weighted by molar-refractivity contribution is -0.147. The van der Waals surface area contributed by atoms with Gasteiger partial charge in [0.05, 0.1) is 5.92 Å². The highest BCUT2D eigenvalue weighted by molar-refractivity contribution is 6.01. The fraction of sp³-hybridized carbons (Fsp3) is 0.250. The third kappa shape index (κ3) is 3.94. The van der Waals surface area contributed by atoms with Gasteiger partial charge >= 0.3 is 5.97 Å². The van der Waals surface area contributed by atoms with E-state index < -0.39 is 11.9 Å². The minimum absolute atomic E-state index is 0.104. The number of Topliss-reactive ketones (excluding diaryl/α,β-unsaturated/α-hetero) is 1. The lowest BCUT2D eigenvalue weighted by Crippen LogP contribution is -2.27. The summed E-state index contributed by atoms with van der Waals surface area (Å²) in [6, 6.07) is 16.3. The maximum atomic E-state index is 12.2. The smallest absolute Gasteiger partial charge is 0.311 e. The maximum Gasteiger partial charge on any atom is 0.311 e. The molecule has 0 bridgehead atoms. The maximum absolute atomic E-state index is 12.2. The Morgan fingerprint density at radius 2 is 1.76 bits per heavy atom. The van der Waals surface area contributed by atoms with Gasteiger partial charge in [0.25, 0.3) is 0 Å². The van der Waals surface area contributed by atoms with Gasteiger partial charge in [-0.1, -0.05) is 48.0 Å². The summed E-state index contributed by atoms with van der Waals surface area (Å²) in [5.41, 5.74) is 2.32. The van der Waals surface area contributed by atoms with E-state index in [-0.39, 0.29) is 31.3 Å². The van der Waals surface area contributed by atoms with Gasteiger partial charge in [-0.15, -0.1) is 0 Å². The Bertz CT molecular complexity index is 783. The van der Waals surface area contributed by atoms with E-state index in [0.717, 1.165) is 11.3 Å². The Morgan fingerprint density at radius 3 is 2.44 bits per heavy atom. The van der Waals surface area contributed by atoms with E-state index in [4.69, 9.17) is 4.74 Å². The van der Waals surface area contributed by atoms with Crippen LogP contribution in [-0.4, -0.2) is 30.8 Å². The van der Waals surface area contributed by atoms with E-state index in [0.29, 0.717) is 5.56 Å². The minimum atomic E-state index is -0.543. The fourth-order valence-electron chi connectivity index (χ4n) is 2.80. The SMILES string of the molecule is Cc1ccc(C(=O)COC(=O)[C@@H]2CC(=O)N(c3ccccc3)C2)cc1. The molecule has 5 nitrogen and oxygen atoms in total. The molecular weight excluding hydrogens is 318 g/mol. The van der Waals surface area contributed by atoms with Crippen LogP contribution in [0, 0.1) is 12.8 Å². The van der Waals surface area contributed by atoms with Crippen molar-refractivity contribution in [2.45, 2.75) is 13.3 Å². The van der Waals surface area contributed by atoms with Gasteiger partial charge < -0.3 is 9.64 Å². The molecule has 0 N–H and O–H groups in total. The summed E-state index contributed by atoms with van der Waals surface area (Å²) in [7, 11) is 0. The van der Waals surface area contributed by atoms with E-state index in [1.165, 1.54) is 0 Å². The first kappa shape index (κ1) is 16.9. The number of anilines is 1. The number of amides is 1. The van der Waals surface area contributed by atoms with E-state index in [1.807, 2.05) is 49.4 Å². The summed E-state index contributed by atoms with van der Waals surface area (Å²) < 4.78 is 5.14. The molecule has 3 rings (SSSR count). The molecule has 0 unspecified atom stereocenters. The number of ether oxygens (including phenoxy) is 1. The van der Waals surface area contributed by atoms with E-state index in [2.05, 4.69) is 0 Å². The van der Waals surface area contributed by atoms with Crippen molar-refractivity contribution in [2.24, 2.45) is 5.92 Å². The summed E-state index contributed by atoms with van der Waals surface area (Å²) >= 11 is 0. The molecule has 1 fully saturated rings. The van der Waals surface area contributed by atoms with E-state index >= 15 is 0 Å². The highest BCUT2D eigenvalue weighted by atomic mass is 16.5. The van der Waals surface area contributed by atoms with Crippen molar-refractivity contribution in [3.63, 3.8) is 0 Å². The van der Waals surface area contributed by atoms with Crippen LogP contribution in [0.1, 0.15) is 22.3 Å². The Kier molecular flexibility index (Phi) is 4.93. The normalized spacial score (nSPS) is 16.8. The third-order valence-electron chi connectivity index (χ3n) is 4.25. The van der Waals surface area contributed by atoms with Gasteiger partial charge in [-0.05, 0) is 19.1 Å². The topological polar surface area (TPSA) is 63.7 Å². The molecule has 0 saturated carbocycles. The number of ketones is 1. The van der Waals surface area contributed by atoms with Crippen LogP contribution in [0.5, 0.6) is 0 Å². The number of carbonyl (C=O) groups excluding carboxylic acids is 3. The van der Waals surface area contributed by atoms with Crippen LogP contribution in [0.2, 0.25) is 0 Å². The van der Waals surface area contributed by atoms with Gasteiger partial charge in [-0.2, -0.15) is 0 Å².